The molecule has 116 valence electrons. The second-order valence-electron chi connectivity index (χ2n) is 4.52. The van der Waals surface area contributed by atoms with Crippen LogP contribution in [0.1, 0.15) is 20.9 Å². The van der Waals surface area contributed by atoms with E-state index < -0.39 is 5.97 Å². The summed E-state index contributed by atoms with van der Waals surface area (Å²) < 4.78 is 8.77. The first kappa shape index (κ1) is 15.9. The number of carbonyl (C=O) groups excluding carboxylic acids is 1. The molecule has 0 fully saturated rings. The quantitative estimate of drug-likeness (QED) is 0.796. The Kier molecular flexibility index (Phi) is 5.42. The van der Waals surface area contributed by atoms with Gasteiger partial charge in [0.15, 0.2) is 6.61 Å². The first-order chi connectivity index (χ1) is 10.6. The standard InChI is InChI=1S/C14H15N3O4S/c1-9-13(22-17-16-9)14(20)15-7-6-10-2-4-11(5-3-10)21-8-12(18)19/h2-5H,6-8H2,1H3,(H,15,20)(H,18,19). The summed E-state index contributed by atoms with van der Waals surface area (Å²) in [4.78, 5) is 22.8. The molecule has 0 spiro atoms. The molecule has 0 radical (unpaired) electrons. The lowest BCUT2D eigenvalue weighted by Gasteiger charge is -2.06. The maximum atomic E-state index is 11.9. The smallest absolute Gasteiger partial charge is 0.341 e. The van der Waals surface area contributed by atoms with Crippen molar-refractivity contribution in [2.24, 2.45) is 0 Å². The van der Waals surface area contributed by atoms with Gasteiger partial charge in [-0.05, 0) is 42.6 Å². The Balaban J connectivity index is 1.78. The van der Waals surface area contributed by atoms with Gasteiger partial charge in [-0.3, -0.25) is 4.79 Å². The lowest BCUT2D eigenvalue weighted by atomic mass is 10.1. The highest BCUT2D eigenvalue weighted by atomic mass is 32.1. The van der Waals surface area contributed by atoms with Gasteiger partial charge in [0.2, 0.25) is 0 Å². The van der Waals surface area contributed by atoms with Gasteiger partial charge in [0.1, 0.15) is 10.6 Å². The molecule has 0 atom stereocenters. The predicted molar refractivity (Wildman–Crippen MR) is 80.3 cm³/mol. The SMILES string of the molecule is Cc1nnsc1C(=O)NCCc1ccc(OCC(=O)O)cc1. The lowest BCUT2D eigenvalue weighted by molar-refractivity contribution is -0.139. The third-order valence-corrected chi connectivity index (χ3v) is 3.67. The number of nitrogens with zero attached hydrogens (tertiary/aromatic N) is 2. The number of carboxylic acids is 1. The molecule has 8 heteroatoms. The van der Waals surface area contributed by atoms with E-state index in [1.807, 2.05) is 12.1 Å². The molecule has 7 nitrogen and oxygen atoms in total. The van der Waals surface area contributed by atoms with Crippen molar-refractivity contribution in [3.05, 3.63) is 40.4 Å². The molecule has 22 heavy (non-hydrogen) atoms. The molecule has 1 aromatic heterocycles. The van der Waals surface area contributed by atoms with Crippen LogP contribution in [-0.2, 0) is 11.2 Å². The molecule has 0 aliphatic rings. The van der Waals surface area contributed by atoms with Crippen LogP contribution in [0.25, 0.3) is 0 Å². The number of ether oxygens (including phenoxy) is 1. The molecular weight excluding hydrogens is 306 g/mol. The molecule has 1 heterocycles. The molecule has 2 N–H and O–H groups in total. The van der Waals surface area contributed by atoms with Crippen molar-refractivity contribution in [1.82, 2.24) is 14.9 Å². The van der Waals surface area contributed by atoms with Crippen LogP contribution in [-0.4, -0.2) is 39.7 Å². The van der Waals surface area contributed by atoms with Gasteiger partial charge in [0.05, 0.1) is 5.69 Å². The van der Waals surface area contributed by atoms with Crippen LogP contribution in [0.2, 0.25) is 0 Å². The number of hydrogen-bond donors (Lipinski definition) is 2. The van der Waals surface area contributed by atoms with Gasteiger partial charge in [0, 0.05) is 6.54 Å². The first-order valence-electron chi connectivity index (χ1n) is 6.57. The molecule has 0 bridgehead atoms. The number of rotatable bonds is 7. The van der Waals surface area contributed by atoms with Gasteiger partial charge in [-0.1, -0.05) is 16.6 Å². The third-order valence-electron chi connectivity index (χ3n) is 2.84. The molecule has 1 amide bonds. The summed E-state index contributed by atoms with van der Waals surface area (Å²) in [5, 5.41) is 15.1. The fraction of sp³-hybridized carbons (Fsp3) is 0.286. The summed E-state index contributed by atoms with van der Waals surface area (Å²) >= 11 is 1.08. The molecule has 0 saturated heterocycles. The van der Waals surface area contributed by atoms with E-state index in [4.69, 9.17) is 9.84 Å². The summed E-state index contributed by atoms with van der Waals surface area (Å²) in [6.45, 7) is 1.87. The highest BCUT2D eigenvalue weighted by Crippen LogP contribution is 2.12. The lowest BCUT2D eigenvalue weighted by Crippen LogP contribution is -2.25. The fourth-order valence-corrected chi connectivity index (χ4v) is 2.31. The van der Waals surface area contributed by atoms with Crippen LogP contribution in [0.4, 0.5) is 0 Å². The van der Waals surface area contributed by atoms with Crippen molar-refractivity contribution in [1.29, 1.82) is 0 Å². The molecule has 0 unspecified atom stereocenters. The number of aryl methyl sites for hydroxylation is 1. The summed E-state index contributed by atoms with van der Waals surface area (Å²) in [6.07, 6.45) is 0.663. The van der Waals surface area contributed by atoms with E-state index in [-0.39, 0.29) is 12.5 Å². The number of amides is 1. The molecule has 0 saturated carbocycles. The highest BCUT2D eigenvalue weighted by molar-refractivity contribution is 7.07. The molecule has 1 aromatic carbocycles. The molecule has 0 aliphatic carbocycles. The first-order valence-corrected chi connectivity index (χ1v) is 7.34. The zero-order valence-electron chi connectivity index (χ0n) is 11.9. The van der Waals surface area contributed by atoms with E-state index in [1.165, 1.54) is 0 Å². The number of benzene rings is 1. The van der Waals surface area contributed by atoms with Crippen molar-refractivity contribution in [2.45, 2.75) is 13.3 Å². The van der Waals surface area contributed by atoms with Crippen LogP contribution in [0.5, 0.6) is 5.75 Å². The Morgan fingerprint density at radius 2 is 2.05 bits per heavy atom. The number of aliphatic carboxylic acids is 1. The number of nitrogens with one attached hydrogen (secondary N) is 1. The average molecular weight is 321 g/mol. The van der Waals surface area contributed by atoms with Crippen molar-refractivity contribution in [3.8, 4) is 5.75 Å². The molecule has 2 aromatic rings. The van der Waals surface area contributed by atoms with E-state index >= 15 is 0 Å². The maximum Gasteiger partial charge on any atom is 0.341 e. The van der Waals surface area contributed by atoms with Gasteiger partial charge in [-0.2, -0.15) is 0 Å². The Hall–Kier alpha value is -2.48. The summed E-state index contributed by atoms with van der Waals surface area (Å²) in [5.74, 6) is -0.685. The minimum Gasteiger partial charge on any atom is -0.482 e. The number of carbonyl (C=O) groups is 2. The third kappa shape index (κ3) is 4.52. The topological polar surface area (TPSA) is 101 Å². The Labute approximate surface area is 131 Å². The number of carboxylic acid groups (broad SMARTS) is 1. The van der Waals surface area contributed by atoms with Crippen molar-refractivity contribution >= 4 is 23.4 Å². The second-order valence-corrected chi connectivity index (χ2v) is 5.27. The van der Waals surface area contributed by atoms with Crippen LogP contribution in [0.15, 0.2) is 24.3 Å². The highest BCUT2D eigenvalue weighted by Gasteiger charge is 2.12. The Morgan fingerprint density at radius 1 is 1.32 bits per heavy atom. The van der Waals surface area contributed by atoms with E-state index in [1.54, 1.807) is 19.1 Å². The van der Waals surface area contributed by atoms with Crippen LogP contribution >= 0.6 is 11.5 Å². The van der Waals surface area contributed by atoms with Crippen molar-refractivity contribution < 1.29 is 19.4 Å². The molecule has 2 rings (SSSR count). The van der Waals surface area contributed by atoms with Crippen molar-refractivity contribution in [2.75, 3.05) is 13.2 Å². The zero-order valence-corrected chi connectivity index (χ0v) is 12.7. The summed E-state index contributed by atoms with van der Waals surface area (Å²) in [6, 6.07) is 7.08. The zero-order chi connectivity index (χ0) is 15.9. The Morgan fingerprint density at radius 3 is 2.64 bits per heavy atom. The number of hydrogen-bond acceptors (Lipinski definition) is 6. The largest absolute Gasteiger partial charge is 0.482 e. The fourth-order valence-electron chi connectivity index (χ4n) is 1.74. The Bertz CT molecular complexity index is 654. The van der Waals surface area contributed by atoms with Crippen LogP contribution in [0, 0.1) is 6.92 Å². The predicted octanol–water partition coefficient (Wildman–Crippen LogP) is 1.28. The van der Waals surface area contributed by atoms with Crippen LogP contribution in [0.3, 0.4) is 0 Å². The van der Waals surface area contributed by atoms with Gasteiger partial charge < -0.3 is 15.2 Å². The van der Waals surface area contributed by atoms with Crippen molar-refractivity contribution in [3.63, 3.8) is 0 Å². The number of aromatic nitrogens is 2. The molecule has 0 aliphatic heterocycles. The van der Waals surface area contributed by atoms with Gasteiger partial charge in [0.25, 0.3) is 5.91 Å². The van der Waals surface area contributed by atoms with E-state index in [2.05, 4.69) is 14.9 Å². The van der Waals surface area contributed by atoms with E-state index in [9.17, 15) is 9.59 Å². The maximum absolute atomic E-state index is 11.9. The molecular formula is C14H15N3O4S. The summed E-state index contributed by atoms with van der Waals surface area (Å²) in [5.41, 5.74) is 1.64. The van der Waals surface area contributed by atoms with E-state index in [0.717, 1.165) is 17.1 Å². The normalized spacial score (nSPS) is 10.2. The van der Waals surface area contributed by atoms with E-state index in [0.29, 0.717) is 29.3 Å². The van der Waals surface area contributed by atoms with Gasteiger partial charge in [-0.15, -0.1) is 5.10 Å². The summed E-state index contributed by atoms with van der Waals surface area (Å²) in [7, 11) is 0. The minimum absolute atomic E-state index is 0.172. The second kappa shape index (κ2) is 7.51. The van der Waals surface area contributed by atoms with Gasteiger partial charge in [-0.25, -0.2) is 4.79 Å². The van der Waals surface area contributed by atoms with Gasteiger partial charge >= 0.3 is 5.97 Å². The minimum atomic E-state index is -1.01. The average Bonchev–Trinajstić information content (AvgIpc) is 2.92. The monoisotopic (exact) mass is 321 g/mol. The van der Waals surface area contributed by atoms with Crippen LogP contribution < -0.4 is 10.1 Å².